The molecule has 0 bridgehead atoms. The van der Waals surface area contributed by atoms with Crippen molar-refractivity contribution in [2.24, 2.45) is 0 Å². The Hall–Kier alpha value is -0.710. The van der Waals surface area contributed by atoms with E-state index in [0.29, 0.717) is 0 Å². The van der Waals surface area contributed by atoms with E-state index in [1.807, 2.05) is 30.3 Å². The second kappa shape index (κ2) is 5.76. The zero-order valence-electron chi connectivity index (χ0n) is 9.39. The van der Waals surface area contributed by atoms with Crippen molar-refractivity contribution in [1.82, 2.24) is 0 Å². The molecule has 1 aromatic carbocycles. The van der Waals surface area contributed by atoms with Crippen LogP contribution in [0.2, 0.25) is 0 Å². The van der Waals surface area contributed by atoms with Gasteiger partial charge in [0.15, 0.2) is 0 Å². The van der Waals surface area contributed by atoms with Crippen LogP contribution in [0.1, 0.15) is 24.4 Å². The molecule has 2 rings (SSSR count). The predicted octanol–water partition coefficient (Wildman–Crippen LogP) is 4.39. The molecule has 1 unspecified atom stereocenters. The van der Waals surface area contributed by atoms with Crippen molar-refractivity contribution in [3.63, 3.8) is 0 Å². The van der Waals surface area contributed by atoms with E-state index < -0.39 is 6.10 Å². The summed E-state index contributed by atoms with van der Waals surface area (Å²) in [6.07, 6.45) is 1.21. The van der Waals surface area contributed by atoms with Gasteiger partial charge in [-0.25, -0.2) is 0 Å². The Bertz CT molecular complexity index is 480. The molecule has 1 heterocycles. The third-order valence-electron chi connectivity index (χ3n) is 2.37. The molecule has 1 atom stereocenters. The highest BCUT2D eigenvalue weighted by atomic mass is 79.9. The summed E-state index contributed by atoms with van der Waals surface area (Å²) in [4.78, 5) is 1.08. The number of halogens is 1. The Morgan fingerprint density at radius 3 is 2.88 bits per heavy atom. The fourth-order valence-corrected chi connectivity index (χ4v) is 2.92. The van der Waals surface area contributed by atoms with Gasteiger partial charge < -0.3 is 9.52 Å². The Labute approximate surface area is 113 Å². The van der Waals surface area contributed by atoms with Crippen LogP contribution in [-0.2, 0) is 5.75 Å². The van der Waals surface area contributed by atoms with E-state index in [1.165, 1.54) is 0 Å². The topological polar surface area (TPSA) is 33.4 Å². The van der Waals surface area contributed by atoms with Gasteiger partial charge in [0.1, 0.15) is 5.76 Å². The molecule has 0 aliphatic heterocycles. The Morgan fingerprint density at radius 2 is 2.24 bits per heavy atom. The summed E-state index contributed by atoms with van der Waals surface area (Å²) >= 11 is 5.08. The van der Waals surface area contributed by atoms with Gasteiger partial charge in [-0.2, -0.15) is 0 Å². The Balaban J connectivity index is 2.14. The van der Waals surface area contributed by atoms with Gasteiger partial charge in [-0.3, -0.25) is 0 Å². The normalized spacial score (nSPS) is 12.6. The van der Waals surface area contributed by atoms with E-state index in [0.717, 1.165) is 26.4 Å². The van der Waals surface area contributed by atoms with Crippen molar-refractivity contribution >= 4 is 27.7 Å². The first kappa shape index (κ1) is 12.7. The lowest BCUT2D eigenvalue weighted by atomic mass is 10.1. The standard InChI is InChI=1S/C13H13BrO2S/c1-9(15)12-7-10(14)4-5-13(12)17-8-11-3-2-6-16-11/h2-7,9,15H,8H2,1H3. The van der Waals surface area contributed by atoms with Crippen LogP contribution in [-0.4, -0.2) is 5.11 Å². The predicted molar refractivity (Wildman–Crippen MR) is 73.0 cm³/mol. The van der Waals surface area contributed by atoms with Gasteiger partial charge >= 0.3 is 0 Å². The average molecular weight is 313 g/mol. The van der Waals surface area contributed by atoms with Gasteiger partial charge in [-0.05, 0) is 42.8 Å². The van der Waals surface area contributed by atoms with Crippen molar-refractivity contribution in [3.05, 3.63) is 52.4 Å². The average Bonchev–Trinajstić information content (AvgIpc) is 2.80. The molecule has 2 nitrogen and oxygen atoms in total. The summed E-state index contributed by atoms with van der Waals surface area (Å²) in [6.45, 7) is 1.78. The maximum Gasteiger partial charge on any atom is 0.113 e. The largest absolute Gasteiger partial charge is 0.468 e. The van der Waals surface area contributed by atoms with Crippen molar-refractivity contribution < 1.29 is 9.52 Å². The summed E-state index contributed by atoms with van der Waals surface area (Å²) in [6, 6.07) is 9.78. The van der Waals surface area contributed by atoms with Gasteiger partial charge in [-0.15, -0.1) is 11.8 Å². The maximum atomic E-state index is 9.73. The minimum Gasteiger partial charge on any atom is -0.468 e. The number of aliphatic hydroxyl groups is 1. The van der Waals surface area contributed by atoms with Crippen LogP contribution in [0.3, 0.4) is 0 Å². The van der Waals surface area contributed by atoms with E-state index in [4.69, 9.17) is 4.42 Å². The Kier molecular flexibility index (Phi) is 4.31. The van der Waals surface area contributed by atoms with E-state index in [9.17, 15) is 5.11 Å². The summed E-state index contributed by atoms with van der Waals surface area (Å²) in [5.74, 6) is 1.71. The zero-order chi connectivity index (χ0) is 12.3. The van der Waals surface area contributed by atoms with Crippen LogP contribution >= 0.6 is 27.7 Å². The number of hydrogen-bond acceptors (Lipinski definition) is 3. The van der Waals surface area contributed by atoms with Crippen LogP contribution < -0.4 is 0 Å². The number of rotatable bonds is 4. The first-order chi connectivity index (χ1) is 8.16. The number of aliphatic hydroxyl groups excluding tert-OH is 1. The summed E-state index contributed by atoms with van der Waals surface area (Å²) in [7, 11) is 0. The highest BCUT2D eigenvalue weighted by Crippen LogP contribution is 2.32. The monoisotopic (exact) mass is 312 g/mol. The summed E-state index contributed by atoms with van der Waals surface area (Å²) in [5.41, 5.74) is 0.941. The molecule has 0 aliphatic carbocycles. The van der Waals surface area contributed by atoms with Gasteiger partial charge in [-0.1, -0.05) is 15.9 Å². The number of benzene rings is 1. The minimum atomic E-state index is -0.466. The molecule has 1 aromatic heterocycles. The van der Waals surface area contributed by atoms with Crippen molar-refractivity contribution in [2.45, 2.75) is 23.7 Å². The maximum absolute atomic E-state index is 9.73. The molecular weight excluding hydrogens is 300 g/mol. The van der Waals surface area contributed by atoms with E-state index in [-0.39, 0.29) is 0 Å². The molecule has 4 heteroatoms. The molecule has 0 spiro atoms. The lowest BCUT2D eigenvalue weighted by Gasteiger charge is -2.11. The van der Waals surface area contributed by atoms with Gasteiger partial charge in [0.05, 0.1) is 18.1 Å². The lowest BCUT2D eigenvalue weighted by molar-refractivity contribution is 0.196. The van der Waals surface area contributed by atoms with Crippen molar-refractivity contribution in [2.75, 3.05) is 0 Å². The lowest BCUT2D eigenvalue weighted by Crippen LogP contribution is -1.94. The highest BCUT2D eigenvalue weighted by Gasteiger charge is 2.09. The molecule has 90 valence electrons. The van der Waals surface area contributed by atoms with Crippen LogP contribution in [0, 0.1) is 0 Å². The van der Waals surface area contributed by atoms with Crippen LogP contribution in [0.15, 0.2) is 50.4 Å². The smallest absolute Gasteiger partial charge is 0.113 e. The van der Waals surface area contributed by atoms with Crippen LogP contribution in [0.25, 0.3) is 0 Å². The van der Waals surface area contributed by atoms with Crippen LogP contribution in [0.4, 0.5) is 0 Å². The van der Waals surface area contributed by atoms with Gasteiger partial charge in [0.2, 0.25) is 0 Å². The molecule has 0 fully saturated rings. The van der Waals surface area contributed by atoms with E-state index in [1.54, 1.807) is 24.9 Å². The third-order valence-corrected chi connectivity index (χ3v) is 3.98. The number of furan rings is 1. The molecule has 17 heavy (non-hydrogen) atoms. The number of thioether (sulfide) groups is 1. The second-order valence-corrected chi connectivity index (χ2v) is 5.66. The molecule has 0 saturated heterocycles. The number of hydrogen-bond donors (Lipinski definition) is 1. The fourth-order valence-electron chi connectivity index (χ4n) is 1.52. The van der Waals surface area contributed by atoms with Crippen molar-refractivity contribution in [3.8, 4) is 0 Å². The molecule has 0 aliphatic rings. The molecule has 0 saturated carbocycles. The molecule has 1 N–H and O–H groups in total. The van der Waals surface area contributed by atoms with Gasteiger partial charge in [0, 0.05) is 9.37 Å². The SMILES string of the molecule is CC(O)c1cc(Br)ccc1SCc1ccco1. The summed E-state index contributed by atoms with van der Waals surface area (Å²) < 4.78 is 6.27. The van der Waals surface area contributed by atoms with E-state index in [2.05, 4.69) is 15.9 Å². The first-order valence-corrected chi connectivity index (χ1v) is 7.07. The molecule has 2 aromatic rings. The van der Waals surface area contributed by atoms with Crippen LogP contribution in [0.5, 0.6) is 0 Å². The molecule has 0 amide bonds. The zero-order valence-corrected chi connectivity index (χ0v) is 11.8. The molecule has 0 radical (unpaired) electrons. The Morgan fingerprint density at radius 1 is 1.41 bits per heavy atom. The first-order valence-electron chi connectivity index (χ1n) is 5.29. The van der Waals surface area contributed by atoms with E-state index >= 15 is 0 Å². The minimum absolute atomic E-state index is 0.466. The van der Waals surface area contributed by atoms with Crippen molar-refractivity contribution in [1.29, 1.82) is 0 Å². The van der Waals surface area contributed by atoms with Gasteiger partial charge in [0.25, 0.3) is 0 Å². The molecular formula is C13H13BrO2S. The quantitative estimate of drug-likeness (QED) is 0.850. The highest BCUT2D eigenvalue weighted by molar-refractivity contribution is 9.10. The second-order valence-electron chi connectivity index (χ2n) is 3.73. The fraction of sp³-hybridized carbons (Fsp3) is 0.231. The summed E-state index contributed by atoms with van der Waals surface area (Å²) in [5, 5.41) is 9.73. The third kappa shape index (κ3) is 3.37.